The highest BCUT2D eigenvalue weighted by Gasteiger charge is 2.13. The highest BCUT2D eigenvalue weighted by molar-refractivity contribution is 8.13. The van der Waals surface area contributed by atoms with Gasteiger partial charge in [-0.15, -0.1) is 0 Å². The van der Waals surface area contributed by atoms with Crippen LogP contribution in [0.1, 0.15) is 293 Å². The Bertz CT molecular complexity index is 2620. The summed E-state index contributed by atoms with van der Waals surface area (Å²) in [6.45, 7) is 21.5. The zero-order chi connectivity index (χ0) is 72.7. The average Bonchev–Trinajstić information content (AvgIpc) is 1.71. The number of hydrogen-bond acceptors (Lipinski definition) is 20. The Morgan fingerprint density at radius 2 is 0.918 bits per heavy atom. The molecular formula is C74H134N10O11S2. The number of hydrogen-bond donors (Lipinski definition) is 10. The van der Waals surface area contributed by atoms with Gasteiger partial charge in [-0.05, 0) is 69.8 Å². The Hall–Kier alpha value is -4.85. The molecule has 0 aliphatic carbocycles. The van der Waals surface area contributed by atoms with E-state index in [1.807, 2.05) is 78.8 Å². The quantitative estimate of drug-likeness (QED) is 0.0128. The summed E-state index contributed by atoms with van der Waals surface area (Å²) in [4.78, 5) is 57.1. The number of nitrogen functional groups attached to an aromatic ring is 1. The smallest absolute Gasteiger partial charge is 0.305 e. The second-order valence-electron chi connectivity index (χ2n) is 24.4. The molecule has 1 aromatic carbocycles. The van der Waals surface area contributed by atoms with Crippen LogP contribution in [0.3, 0.4) is 0 Å². The lowest BCUT2D eigenvalue weighted by molar-refractivity contribution is -0.146. The van der Waals surface area contributed by atoms with Crippen molar-refractivity contribution in [2.24, 2.45) is 0 Å². The van der Waals surface area contributed by atoms with E-state index in [-0.39, 0.29) is 46.6 Å². The number of carbonyl (C=O) groups excluding carboxylic acids is 3. The lowest BCUT2D eigenvalue weighted by Crippen LogP contribution is -2.19. The lowest BCUT2D eigenvalue weighted by Gasteiger charge is -2.10. The van der Waals surface area contributed by atoms with Gasteiger partial charge in [-0.2, -0.15) is 0 Å². The van der Waals surface area contributed by atoms with Crippen LogP contribution in [0.4, 0.5) is 5.82 Å². The van der Waals surface area contributed by atoms with Crippen molar-refractivity contribution in [1.29, 1.82) is 5.41 Å². The minimum absolute atomic E-state index is 0.146. The number of nitrogens with two attached hydrogens (primary N) is 1. The van der Waals surface area contributed by atoms with E-state index in [1.54, 1.807) is 15.5 Å². The molecule has 11 N–H and O–H groups in total. The van der Waals surface area contributed by atoms with Gasteiger partial charge in [-0.25, -0.2) is 24.9 Å². The van der Waals surface area contributed by atoms with Crippen LogP contribution < -0.4 is 11.2 Å². The van der Waals surface area contributed by atoms with Gasteiger partial charge in [0.15, 0.2) is 32.8 Å². The fourth-order valence-corrected chi connectivity index (χ4v) is 10.7. The van der Waals surface area contributed by atoms with Gasteiger partial charge in [0.25, 0.3) is 0 Å². The topological polar surface area (TPSA) is 342 Å². The first-order valence-corrected chi connectivity index (χ1v) is 38.8. The molecule has 0 fully saturated rings. The van der Waals surface area contributed by atoms with Gasteiger partial charge in [0.1, 0.15) is 24.0 Å². The van der Waals surface area contributed by atoms with E-state index in [1.165, 1.54) is 158 Å². The standard InChI is InChI=1S/C16H32O3.C16H32O2S.C12H24O2S.2C9H13N5O.C9H12O.C3H8O/c2*1-3-5-6-7-8-9-10-11-12-13-16(18)19-14-15(17)4-2;1-3-5-6-7-8-9-12(14)15-10-11(13)4-2;1-2-6(15)3-14-5-13-7-8(10)11-4-12-9(7)14;1-2-6(15)3-14-5-13-8(10)7-9(14)12-4-11-7;1-2-9(10)8-6-4-3-5-7-8;1-2-3-4/h2*15,17H,3-14H2,1-2H3;11,13H,3-10H2,1-2H3;4-6,15H,2-3H2,1H3,(H2,10,11,12);4-6,10,15H,2-3H2,1H3,(H,11,12);3-7,9-10H,2H2,1H3;4H,2-3H2,1H3. The fourth-order valence-electron chi connectivity index (χ4n) is 8.89. The van der Waals surface area contributed by atoms with Crippen molar-refractivity contribution in [3.05, 3.63) is 66.7 Å². The number of unbranched alkanes of at least 4 members (excludes halogenated alkanes) is 20. The molecule has 0 saturated heterocycles. The van der Waals surface area contributed by atoms with E-state index < -0.39 is 18.3 Å². The third-order valence-electron chi connectivity index (χ3n) is 15.6. The molecule has 0 bridgehead atoms. The second kappa shape index (κ2) is 65.7. The van der Waals surface area contributed by atoms with Gasteiger partial charge in [-0.1, -0.05) is 252 Å². The Labute approximate surface area is 592 Å². The number of aliphatic hydroxyl groups is 7. The number of anilines is 1. The van der Waals surface area contributed by atoms with Crippen molar-refractivity contribution in [2.45, 2.75) is 331 Å². The van der Waals surface area contributed by atoms with Gasteiger partial charge < -0.3 is 60.3 Å². The number of aromatic amines is 1. The number of aliphatic hydroxyl groups excluding tert-OH is 7. The van der Waals surface area contributed by atoms with Crippen molar-refractivity contribution >= 4 is 67.9 Å². The number of fused-ring (bicyclic) bond motifs is 2. The summed E-state index contributed by atoms with van der Waals surface area (Å²) in [5.41, 5.74) is 9.32. The maximum atomic E-state index is 11.5. The lowest BCUT2D eigenvalue weighted by atomic mass is 10.1. The molecule has 97 heavy (non-hydrogen) atoms. The molecule has 0 radical (unpaired) electrons. The highest BCUT2D eigenvalue weighted by atomic mass is 32.2. The van der Waals surface area contributed by atoms with Gasteiger partial charge >= 0.3 is 5.97 Å². The second-order valence-corrected chi connectivity index (χ2v) is 26.6. The summed E-state index contributed by atoms with van der Waals surface area (Å²) in [7, 11) is 0. The summed E-state index contributed by atoms with van der Waals surface area (Å²) >= 11 is 2.58. The van der Waals surface area contributed by atoms with Crippen LogP contribution >= 0.6 is 23.5 Å². The molecule has 4 aromatic heterocycles. The van der Waals surface area contributed by atoms with Crippen LogP contribution in [-0.4, -0.2) is 146 Å². The molecule has 23 heteroatoms. The largest absolute Gasteiger partial charge is 0.463 e. The Morgan fingerprint density at radius 1 is 0.505 bits per heavy atom. The molecule has 4 heterocycles. The Kier molecular flexibility index (Phi) is 63.8. The molecule has 0 amide bonds. The normalized spacial score (nSPS) is 12.6. The molecule has 0 saturated carbocycles. The van der Waals surface area contributed by atoms with E-state index in [0.717, 1.165) is 63.4 Å². The first kappa shape index (κ1) is 94.2. The number of H-pyrrole nitrogens is 1. The number of aromatic nitrogens is 8. The number of carbonyl (C=O) groups is 3. The van der Waals surface area contributed by atoms with Gasteiger partial charge in [0.2, 0.25) is 0 Å². The van der Waals surface area contributed by atoms with Gasteiger partial charge in [-0.3, -0.25) is 19.8 Å². The monoisotopic (exact) mass is 1400 g/mol. The molecule has 6 atom stereocenters. The minimum Gasteiger partial charge on any atom is -0.463 e. The van der Waals surface area contributed by atoms with Gasteiger partial charge in [0.05, 0.1) is 68.7 Å². The number of imidazole rings is 2. The van der Waals surface area contributed by atoms with Crippen LogP contribution in [0.2, 0.25) is 0 Å². The molecule has 5 aromatic rings. The number of benzene rings is 1. The number of ether oxygens (including phenoxy) is 1. The molecular weight excluding hydrogens is 1270 g/mol. The third-order valence-corrected chi connectivity index (χ3v) is 17.8. The van der Waals surface area contributed by atoms with Crippen LogP contribution in [0.25, 0.3) is 22.3 Å². The van der Waals surface area contributed by atoms with Crippen LogP contribution in [0.5, 0.6) is 0 Å². The van der Waals surface area contributed by atoms with Crippen LogP contribution in [-0.2, 0) is 32.2 Å². The van der Waals surface area contributed by atoms with Crippen molar-refractivity contribution in [3.8, 4) is 0 Å². The molecule has 0 aliphatic rings. The third kappa shape index (κ3) is 51.9. The zero-order valence-electron chi connectivity index (χ0n) is 61.5. The first-order chi connectivity index (χ1) is 46.8. The summed E-state index contributed by atoms with van der Waals surface area (Å²) in [5, 5.41) is 72.2. The molecule has 558 valence electrons. The molecule has 21 nitrogen and oxygen atoms in total. The number of nitrogens with zero attached hydrogens (tertiary/aromatic N) is 7. The predicted octanol–water partition coefficient (Wildman–Crippen LogP) is 15.2. The SMILES string of the molecule is CCC(O)Cn1cnc(=N)c2[nH]cnc21.CCC(O)Cn1cnc2c(N)ncnc21.CCC(O)c1ccccc1.CCCCCCCC(=O)SCC(O)CC.CCCCCCCCCCCC(=O)OCC(O)CC.CCCCCCCCCCCC(=O)SCC(O)CC.CCCO. The van der Waals surface area contributed by atoms with E-state index in [0.29, 0.717) is 97.9 Å². The van der Waals surface area contributed by atoms with Crippen molar-refractivity contribution in [1.82, 2.24) is 39.0 Å². The summed E-state index contributed by atoms with van der Waals surface area (Å²) in [5.74, 6) is 1.32. The first-order valence-electron chi connectivity index (χ1n) is 36.9. The Morgan fingerprint density at radius 3 is 1.34 bits per heavy atom. The van der Waals surface area contributed by atoms with Crippen molar-refractivity contribution < 1.29 is 54.9 Å². The maximum Gasteiger partial charge on any atom is 0.305 e. The van der Waals surface area contributed by atoms with E-state index >= 15 is 0 Å². The molecule has 5 rings (SSSR count). The number of nitrogens with one attached hydrogen (secondary N) is 2. The minimum atomic E-state index is -0.507. The van der Waals surface area contributed by atoms with E-state index in [2.05, 4.69) is 50.7 Å². The van der Waals surface area contributed by atoms with Crippen molar-refractivity contribution in [3.63, 3.8) is 0 Å². The molecule has 6 unspecified atom stereocenters. The maximum absolute atomic E-state index is 11.5. The van der Waals surface area contributed by atoms with Crippen LogP contribution in [0, 0.1) is 5.41 Å². The number of esters is 1. The number of thioether (sulfide) groups is 2. The van der Waals surface area contributed by atoms with Crippen LogP contribution in [0.15, 0.2) is 55.6 Å². The molecule has 0 aliphatic heterocycles. The van der Waals surface area contributed by atoms with Crippen molar-refractivity contribution in [2.75, 3.05) is 30.5 Å². The fraction of sp³-hybridized carbons (Fsp3) is 0.743. The summed E-state index contributed by atoms with van der Waals surface area (Å²) in [6.07, 6.45) is 39.5. The average molecular weight is 1400 g/mol. The highest BCUT2D eigenvalue weighted by Crippen LogP contribution is 2.19. The zero-order valence-corrected chi connectivity index (χ0v) is 63.2. The van der Waals surface area contributed by atoms with E-state index in [9.17, 15) is 45.0 Å². The molecule has 0 spiro atoms. The van der Waals surface area contributed by atoms with E-state index in [4.69, 9.17) is 21.0 Å². The number of rotatable bonds is 44. The summed E-state index contributed by atoms with van der Waals surface area (Å²) in [6, 6.07) is 9.70. The van der Waals surface area contributed by atoms with Gasteiger partial charge in [0, 0.05) is 37.4 Å². The predicted molar refractivity (Wildman–Crippen MR) is 401 cm³/mol. The Balaban J connectivity index is 0. The summed E-state index contributed by atoms with van der Waals surface area (Å²) < 4.78 is 8.51.